The van der Waals surface area contributed by atoms with Crippen LogP contribution in [0.4, 0.5) is 0 Å². The van der Waals surface area contributed by atoms with Crippen molar-refractivity contribution in [3.8, 4) is 0 Å². The number of aromatic nitrogens is 3. The van der Waals surface area contributed by atoms with Crippen molar-refractivity contribution in [1.29, 1.82) is 0 Å². The molecule has 1 fully saturated rings. The number of nitrogens with one attached hydrogen (secondary N) is 1. The van der Waals surface area contributed by atoms with E-state index in [4.69, 9.17) is 4.74 Å². The molecule has 0 aromatic carbocycles. The van der Waals surface area contributed by atoms with Gasteiger partial charge in [-0.3, -0.25) is 9.89 Å². The van der Waals surface area contributed by atoms with E-state index in [2.05, 4.69) is 19.9 Å². The first-order chi connectivity index (χ1) is 9.67. The second kappa shape index (κ2) is 6.47. The van der Waals surface area contributed by atoms with Crippen LogP contribution in [0.15, 0.2) is 0 Å². The number of ether oxygens (including phenoxy) is 2. The van der Waals surface area contributed by atoms with Crippen LogP contribution in [0.3, 0.4) is 0 Å². The predicted octanol–water partition coefficient (Wildman–Crippen LogP) is -0.229. The van der Waals surface area contributed by atoms with E-state index < -0.39 is 12.0 Å². The van der Waals surface area contributed by atoms with Crippen molar-refractivity contribution in [3.05, 3.63) is 11.6 Å². The zero-order valence-electron chi connectivity index (χ0n) is 11.6. The van der Waals surface area contributed by atoms with Gasteiger partial charge in [-0.2, -0.15) is 0 Å². The van der Waals surface area contributed by atoms with E-state index in [1.54, 1.807) is 0 Å². The maximum atomic E-state index is 12.4. The minimum absolute atomic E-state index is 0.0734. The van der Waals surface area contributed by atoms with Gasteiger partial charge in [0.05, 0.1) is 20.3 Å². The van der Waals surface area contributed by atoms with E-state index in [-0.39, 0.29) is 18.3 Å². The highest BCUT2D eigenvalue weighted by Gasteiger charge is 2.35. The average Bonchev–Trinajstić information content (AvgIpc) is 2.94. The molecule has 20 heavy (non-hydrogen) atoms. The van der Waals surface area contributed by atoms with Crippen molar-refractivity contribution in [2.75, 3.05) is 26.9 Å². The van der Waals surface area contributed by atoms with Gasteiger partial charge in [0.2, 0.25) is 5.82 Å². The fourth-order valence-corrected chi connectivity index (χ4v) is 2.05. The van der Waals surface area contributed by atoms with Gasteiger partial charge < -0.3 is 14.4 Å². The SMILES string of the molecule is CCCc1nc(C(=O)N2CCOCC2C(=O)OC)n[nH]1. The summed E-state index contributed by atoms with van der Waals surface area (Å²) < 4.78 is 9.91. The number of nitrogens with zero attached hydrogens (tertiary/aromatic N) is 3. The summed E-state index contributed by atoms with van der Waals surface area (Å²) >= 11 is 0. The lowest BCUT2D eigenvalue weighted by Crippen LogP contribution is -2.53. The molecule has 1 atom stereocenters. The first kappa shape index (κ1) is 14.4. The van der Waals surface area contributed by atoms with Gasteiger partial charge in [0.1, 0.15) is 5.82 Å². The normalized spacial score (nSPS) is 18.9. The summed E-state index contributed by atoms with van der Waals surface area (Å²) in [5, 5.41) is 6.64. The maximum absolute atomic E-state index is 12.4. The van der Waals surface area contributed by atoms with Crippen LogP contribution in [0.2, 0.25) is 0 Å². The third kappa shape index (κ3) is 2.96. The molecule has 0 saturated carbocycles. The monoisotopic (exact) mass is 282 g/mol. The van der Waals surface area contributed by atoms with E-state index >= 15 is 0 Å². The van der Waals surface area contributed by atoms with Crippen molar-refractivity contribution in [3.63, 3.8) is 0 Å². The summed E-state index contributed by atoms with van der Waals surface area (Å²) in [6.07, 6.45) is 1.63. The Kier molecular flexibility index (Phi) is 4.67. The summed E-state index contributed by atoms with van der Waals surface area (Å²) in [5.41, 5.74) is 0. The van der Waals surface area contributed by atoms with Gasteiger partial charge in [-0.05, 0) is 6.42 Å². The lowest BCUT2D eigenvalue weighted by molar-refractivity contribution is -0.151. The number of carbonyl (C=O) groups is 2. The largest absolute Gasteiger partial charge is 0.467 e. The summed E-state index contributed by atoms with van der Waals surface area (Å²) in [4.78, 5) is 29.6. The molecule has 0 bridgehead atoms. The van der Waals surface area contributed by atoms with Crippen molar-refractivity contribution >= 4 is 11.9 Å². The lowest BCUT2D eigenvalue weighted by atomic mass is 10.2. The Hall–Kier alpha value is -1.96. The van der Waals surface area contributed by atoms with Gasteiger partial charge in [-0.1, -0.05) is 6.92 Å². The Labute approximate surface area is 116 Å². The van der Waals surface area contributed by atoms with Crippen LogP contribution in [0, 0.1) is 0 Å². The van der Waals surface area contributed by atoms with Crippen LogP contribution in [-0.4, -0.2) is 64.9 Å². The number of carbonyl (C=O) groups excluding carboxylic acids is 2. The fraction of sp³-hybridized carbons (Fsp3) is 0.667. The molecule has 0 spiro atoms. The third-order valence-electron chi connectivity index (χ3n) is 3.07. The van der Waals surface area contributed by atoms with Crippen LogP contribution in [0.25, 0.3) is 0 Å². The number of H-pyrrole nitrogens is 1. The number of aryl methyl sites for hydroxylation is 1. The lowest BCUT2D eigenvalue weighted by Gasteiger charge is -2.32. The minimum atomic E-state index is -0.741. The molecule has 1 aliphatic rings. The zero-order valence-corrected chi connectivity index (χ0v) is 11.6. The molecule has 1 unspecified atom stereocenters. The van der Waals surface area contributed by atoms with E-state index in [0.717, 1.165) is 12.8 Å². The molecule has 1 N–H and O–H groups in total. The number of morpholine rings is 1. The molecule has 8 nitrogen and oxygen atoms in total. The van der Waals surface area contributed by atoms with Crippen molar-refractivity contribution < 1.29 is 19.1 Å². The smallest absolute Gasteiger partial charge is 0.331 e. The number of hydrogen-bond donors (Lipinski definition) is 1. The molecule has 1 amide bonds. The van der Waals surface area contributed by atoms with Crippen molar-refractivity contribution in [1.82, 2.24) is 20.1 Å². The number of aromatic amines is 1. The fourth-order valence-electron chi connectivity index (χ4n) is 2.05. The molecular weight excluding hydrogens is 264 g/mol. The average molecular weight is 282 g/mol. The Morgan fingerprint density at radius 2 is 2.35 bits per heavy atom. The first-order valence-electron chi connectivity index (χ1n) is 6.55. The number of rotatable bonds is 4. The van der Waals surface area contributed by atoms with Crippen LogP contribution >= 0.6 is 0 Å². The first-order valence-corrected chi connectivity index (χ1v) is 6.55. The second-order valence-corrected chi connectivity index (χ2v) is 4.47. The Bertz CT molecular complexity index is 488. The molecule has 8 heteroatoms. The minimum Gasteiger partial charge on any atom is -0.467 e. The highest BCUT2D eigenvalue weighted by molar-refractivity contribution is 5.93. The van der Waals surface area contributed by atoms with E-state index in [1.807, 2.05) is 6.92 Å². The van der Waals surface area contributed by atoms with Crippen LogP contribution in [0.1, 0.15) is 29.8 Å². The topological polar surface area (TPSA) is 97.4 Å². The maximum Gasteiger partial charge on any atom is 0.331 e. The number of hydrogen-bond acceptors (Lipinski definition) is 6. The molecular formula is C12H18N4O4. The molecule has 2 rings (SSSR count). The van der Waals surface area contributed by atoms with Gasteiger partial charge in [-0.15, -0.1) is 5.10 Å². The van der Waals surface area contributed by atoms with Gasteiger partial charge in [-0.25, -0.2) is 9.78 Å². The van der Waals surface area contributed by atoms with Crippen molar-refractivity contribution in [2.24, 2.45) is 0 Å². The molecule has 1 aliphatic heterocycles. The van der Waals surface area contributed by atoms with Gasteiger partial charge >= 0.3 is 5.97 Å². The third-order valence-corrected chi connectivity index (χ3v) is 3.07. The van der Waals surface area contributed by atoms with E-state index in [9.17, 15) is 9.59 Å². The van der Waals surface area contributed by atoms with Gasteiger partial charge in [0, 0.05) is 13.0 Å². The second-order valence-electron chi connectivity index (χ2n) is 4.47. The number of methoxy groups -OCH3 is 1. The number of amides is 1. The molecule has 1 aromatic rings. The summed E-state index contributed by atoms with van der Waals surface area (Å²) in [7, 11) is 1.28. The molecule has 0 radical (unpaired) electrons. The van der Waals surface area contributed by atoms with Crippen LogP contribution in [0.5, 0.6) is 0 Å². The highest BCUT2D eigenvalue weighted by atomic mass is 16.5. The Morgan fingerprint density at radius 1 is 1.55 bits per heavy atom. The summed E-state index contributed by atoms with van der Waals surface area (Å²) in [6, 6.07) is -0.741. The highest BCUT2D eigenvalue weighted by Crippen LogP contribution is 2.12. The molecule has 110 valence electrons. The van der Waals surface area contributed by atoms with Gasteiger partial charge in [0.15, 0.2) is 6.04 Å². The van der Waals surface area contributed by atoms with E-state index in [0.29, 0.717) is 19.0 Å². The summed E-state index contributed by atoms with van der Waals surface area (Å²) in [6.45, 7) is 2.84. The van der Waals surface area contributed by atoms with Gasteiger partial charge in [0.25, 0.3) is 5.91 Å². The standard InChI is InChI=1S/C12H18N4O4/c1-3-4-9-13-10(15-14-9)11(17)16-5-6-20-7-8(16)12(18)19-2/h8H,3-7H2,1-2H3,(H,13,14,15). The molecule has 1 saturated heterocycles. The Balaban J connectivity index is 2.14. The molecule has 1 aromatic heterocycles. The molecule has 0 aliphatic carbocycles. The molecule has 2 heterocycles. The van der Waals surface area contributed by atoms with Crippen molar-refractivity contribution in [2.45, 2.75) is 25.8 Å². The summed E-state index contributed by atoms with van der Waals surface area (Å²) in [5.74, 6) is -0.146. The van der Waals surface area contributed by atoms with Crippen LogP contribution < -0.4 is 0 Å². The number of esters is 1. The predicted molar refractivity (Wildman–Crippen MR) is 68.0 cm³/mol. The zero-order chi connectivity index (χ0) is 14.5. The Morgan fingerprint density at radius 3 is 3.05 bits per heavy atom. The van der Waals surface area contributed by atoms with E-state index in [1.165, 1.54) is 12.0 Å². The van der Waals surface area contributed by atoms with Crippen LogP contribution in [-0.2, 0) is 20.7 Å². The quantitative estimate of drug-likeness (QED) is 0.766.